The zero-order chi connectivity index (χ0) is 14.9. The van der Waals surface area contributed by atoms with Gasteiger partial charge in [-0.25, -0.2) is 9.78 Å². The number of amides is 1. The van der Waals surface area contributed by atoms with Gasteiger partial charge in [0, 0.05) is 30.6 Å². The predicted octanol–water partition coefficient (Wildman–Crippen LogP) is 2.18. The van der Waals surface area contributed by atoms with Crippen molar-refractivity contribution in [1.29, 1.82) is 0 Å². The third-order valence-corrected chi connectivity index (χ3v) is 3.96. The third-order valence-electron chi connectivity index (χ3n) is 3.06. The molecule has 0 radical (unpaired) electrons. The number of aromatic nitrogens is 1. The molecule has 1 aliphatic rings. The fourth-order valence-electron chi connectivity index (χ4n) is 2.20. The lowest BCUT2D eigenvalue weighted by molar-refractivity contribution is -0.141. The number of carboxylic acids is 1. The van der Waals surface area contributed by atoms with E-state index in [-0.39, 0.29) is 12.5 Å². The predicted molar refractivity (Wildman–Crippen MR) is 73.8 cm³/mol. The molecule has 0 bridgehead atoms. The summed E-state index contributed by atoms with van der Waals surface area (Å²) in [6.07, 6.45) is 1.18. The molecule has 20 heavy (non-hydrogen) atoms. The van der Waals surface area contributed by atoms with Crippen molar-refractivity contribution in [3.63, 3.8) is 0 Å². The molecule has 2 atom stereocenters. The van der Waals surface area contributed by atoms with Crippen LogP contribution in [0.3, 0.4) is 0 Å². The summed E-state index contributed by atoms with van der Waals surface area (Å²) in [4.78, 5) is 29.0. The Morgan fingerprint density at radius 3 is 2.65 bits per heavy atom. The number of carbonyl (C=O) groups is 2. The van der Waals surface area contributed by atoms with Crippen LogP contribution in [-0.4, -0.2) is 45.7 Å². The first-order chi connectivity index (χ1) is 9.28. The van der Waals surface area contributed by atoms with Crippen LogP contribution in [0.1, 0.15) is 31.7 Å². The highest BCUT2D eigenvalue weighted by molar-refractivity contribution is 7.09. The maximum absolute atomic E-state index is 12.0. The minimum absolute atomic E-state index is 0.161. The molecule has 1 aromatic rings. The number of nitrogens with zero attached hydrogens (tertiary/aromatic N) is 2. The van der Waals surface area contributed by atoms with Crippen LogP contribution in [0.25, 0.3) is 0 Å². The summed E-state index contributed by atoms with van der Waals surface area (Å²) in [7, 11) is 0. The molecular weight excluding hydrogens is 280 g/mol. The van der Waals surface area contributed by atoms with Gasteiger partial charge in [0.05, 0.1) is 10.9 Å². The van der Waals surface area contributed by atoms with Gasteiger partial charge >= 0.3 is 12.1 Å². The first kappa shape index (κ1) is 14.8. The van der Waals surface area contributed by atoms with Crippen LogP contribution in [0.4, 0.5) is 4.79 Å². The molecule has 0 saturated carbocycles. The highest BCUT2D eigenvalue weighted by Crippen LogP contribution is 2.34. The van der Waals surface area contributed by atoms with E-state index in [1.165, 1.54) is 16.2 Å². The summed E-state index contributed by atoms with van der Waals surface area (Å²) in [5.74, 6) is -1.80. The van der Waals surface area contributed by atoms with Crippen molar-refractivity contribution in [2.24, 2.45) is 5.92 Å². The Balaban J connectivity index is 2.12. The second-order valence-electron chi connectivity index (χ2n) is 5.81. The summed E-state index contributed by atoms with van der Waals surface area (Å²) in [6.45, 7) is 5.85. The van der Waals surface area contributed by atoms with Crippen LogP contribution >= 0.6 is 11.3 Å². The zero-order valence-electron chi connectivity index (χ0n) is 11.7. The average Bonchev–Trinajstić information content (AvgIpc) is 2.95. The summed E-state index contributed by atoms with van der Waals surface area (Å²) >= 11 is 1.42. The highest BCUT2D eigenvalue weighted by Gasteiger charge is 2.42. The minimum atomic E-state index is -0.906. The summed E-state index contributed by atoms with van der Waals surface area (Å²) in [6, 6.07) is 0. The van der Waals surface area contributed by atoms with E-state index in [1.54, 1.807) is 27.0 Å². The van der Waals surface area contributed by atoms with Gasteiger partial charge in [0.1, 0.15) is 5.60 Å². The molecule has 110 valence electrons. The van der Waals surface area contributed by atoms with Crippen LogP contribution in [0.5, 0.6) is 0 Å². The lowest BCUT2D eigenvalue weighted by Crippen LogP contribution is -2.35. The Kier molecular flexibility index (Phi) is 3.99. The fourth-order valence-corrected chi connectivity index (χ4v) is 2.99. The van der Waals surface area contributed by atoms with Gasteiger partial charge in [-0.3, -0.25) is 4.79 Å². The molecule has 1 N–H and O–H groups in total. The molecule has 0 aromatic carbocycles. The van der Waals surface area contributed by atoms with Gasteiger partial charge in [-0.05, 0) is 20.8 Å². The number of hydrogen-bond acceptors (Lipinski definition) is 5. The topological polar surface area (TPSA) is 79.7 Å². The van der Waals surface area contributed by atoms with Crippen molar-refractivity contribution in [3.05, 3.63) is 16.6 Å². The van der Waals surface area contributed by atoms with Crippen LogP contribution in [-0.2, 0) is 9.53 Å². The van der Waals surface area contributed by atoms with Gasteiger partial charge in [-0.2, -0.15) is 0 Å². The largest absolute Gasteiger partial charge is 0.481 e. The van der Waals surface area contributed by atoms with E-state index in [2.05, 4.69) is 4.98 Å². The monoisotopic (exact) mass is 298 g/mol. The Morgan fingerprint density at radius 2 is 2.15 bits per heavy atom. The number of hydrogen-bond donors (Lipinski definition) is 1. The summed E-state index contributed by atoms with van der Waals surface area (Å²) < 4.78 is 5.29. The van der Waals surface area contributed by atoms with Crippen molar-refractivity contribution < 1.29 is 19.4 Å². The van der Waals surface area contributed by atoms with Gasteiger partial charge in [-0.1, -0.05) is 0 Å². The van der Waals surface area contributed by atoms with Gasteiger partial charge in [0.2, 0.25) is 0 Å². The second-order valence-corrected chi connectivity index (χ2v) is 6.73. The molecule has 7 heteroatoms. The molecule has 1 aromatic heterocycles. The van der Waals surface area contributed by atoms with Crippen molar-refractivity contribution >= 4 is 23.4 Å². The number of thiazole rings is 1. The van der Waals surface area contributed by atoms with Crippen LogP contribution in [0.15, 0.2) is 11.6 Å². The molecular formula is C13H18N2O4S. The molecule has 1 fully saturated rings. The standard InChI is InChI=1S/C13H18N2O4S/c1-13(2,3)19-12(18)15-6-8(9(7-15)11(16)17)10-14-4-5-20-10/h4-5,8-9H,6-7H2,1-3H3,(H,16,17)/t8-,9-/m0/s1. The van der Waals surface area contributed by atoms with E-state index in [9.17, 15) is 14.7 Å². The molecule has 1 saturated heterocycles. The molecule has 2 rings (SSSR count). The van der Waals surface area contributed by atoms with Gasteiger partial charge < -0.3 is 14.7 Å². The number of ether oxygens (including phenoxy) is 1. The van der Waals surface area contributed by atoms with E-state index in [0.29, 0.717) is 6.54 Å². The normalized spacial score (nSPS) is 22.9. The van der Waals surface area contributed by atoms with Crippen molar-refractivity contribution in [3.8, 4) is 0 Å². The maximum Gasteiger partial charge on any atom is 0.410 e. The lowest BCUT2D eigenvalue weighted by Gasteiger charge is -2.24. The number of aliphatic carboxylic acids is 1. The first-order valence-corrected chi connectivity index (χ1v) is 7.26. The highest BCUT2D eigenvalue weighted by atomic mass is 32.1. The van der Waals surface area contributed by atoms with Crippen LogP contribution < -0.4 is 0 Å². The number of rotatable bonds is 2. The zero-order valence-corrected chi connectivity index (χ0v) is 12.5. The van der Waals surface area contributed by atoms with Crippen LogP contribution in [0.2, 0.25) is 0 Å². The number of likely N-dealkylation sites (tertiary alicyclic amines) is 1. The van der Waals surface area contributed by atoms with Crippen molar-refractivity contribution in [1.82, 2.24) is 9.88 Å². The van der Waals surface area contributed by atoms with E-state index < -0.39 is 23.6 Å². The van der Waals surface area contributed by atoms with E-state index in [0.717, 1.165) is 5.01 Å². The van der Waals surface area contributed by atoms with Crippen LogP contribution in [0, 0.1) is 5.92 Å². The van der Waals surface area contributed by atoms with Gasteiger partial charge in [0.15, 0.2) is 0 Å². The second kappa shape index (κ2) is 5.40. The molecule has 1 aliphatic heterocycles. The third kappa shape index (κ3) is 3.27. The van der Waals surface area contributed by atoms with Gasteiger partial charge in [-0.15, -0.1) is 11.3 Å². The Hall–Kier alpha value is -1.63. The average molecular weight is 298 g/mol. The molecule has 2 heterocycles. The number of carboxylic acid groups (broad SMARTS) is 1. The number of carbonyl (C=O) groups excluding carboxylic acids is 1. The summed E-state index contributed by atoms with van der Waals surface area (Å²) in [5.41, 5.74) is -0.588. The Bertz CT molecular complexity index is 495. The van der Waals surface area contributed by atoms with E-state index >= 15 is 0 Å². The van der Waals surface area contributed by atoms with E-state index in [4.69, 9.17) is 4.74 Å². The summed E-state index contributed by atoms with van der Waals surface area (Å²) in [5, 5.41) is 11.9. The molecule has 0 unspecified atom stereocenters. The molecule has 0 spiro atoms. The van der Waals surface area contributed by atoms with E-state index in [1.807, 2.05) is 5.38 Å². The van der Waals surface area contributed by atoms with Crippen molar-refractivity contribution in [2.75, 3.05) is 13.1 Å². The molecule has 1 amide bonds. The molecule has 6 nitrogen and oxygen atoms in total. The quantitative estimate of drug-likeness (QED) is 0.905. The SMILES string of the molecule is CC(C)(C)OC(=O)N1C[C@H](C(=O)O)[C@@H](c2nccs2)C1. The Morgan fingerprint density at radius 1 is 1.45 bits per heavy atom. The lowest BCUT2D eigenvalue weighted by atomic mass is 9.97. The smallest absolute Gasteiger partial charge is 0.410 e. The molecule has 0 aliphatic carbocycles. The van der Waals surface area contributed by atoms with Gasteiger partial charge in [0.25, 0.3) is 0 Å². The fraction of sp³-hybridized carbons (Fsp3) is 0.615. The minimum Gasteiger partial charge on any atom is -0.481 e. The maximum atomic E-state index is 12.0. The van der Waals surface area contributed by atoms with Crippen molar-refractivity contribution in [2.45, 2.75) is 32.3 Å². The first-order valence-electron chi connectivity index (χ1n) is 6.38. The Labute approximate surface area is 121 Å².